The molecule has 34 heavy (non-hydrogen) atoms. The Morgan fingerprint density at radius 2 is 1.71 bits per heavy atom. The number of likely N-dealkylation sites (tertiary alicyclic amines) is 1. The van der Waals surface area contributed by atoms with Gasteiger partial charge in [0.15, 0.2) is 0 Å². The molecule has 3 N–H and O–H groups in total. The molecule has 0 aliphatic carbocycles. The number of aromatic nitrogens is 2. The number of amides is 2. The lowest BCUT2D eigenvalue weighted by Gasteiger charge is -2.32. The average molecular weight is 461 g/mol. The summed E-state index contributed by atoms with van der Waals surface area (Å²) in [4.78, 5) is 26.2. The molecule has 0 bridgehead atoms. The van der Waals surface area contributed by atoms with Crippen molar-refractivity contribution in [3.05, 3.63) is 54.5 Å². The fraction of sp³-hybridized carbons (Fsp3) is 0.423. The van der Waals surface area contributed by atoms with Crippen LogP contribution in [-0.2, 0) is 0 Å². The Hall–Kier alpha value is -3.39. The maximum atomic E-state index is 12.8. The molecule has 0 unspecified atom stereocenters. The van der Waals surface area contributed by atoms with Crippen LogP contribution in [0.1, 0.15) is 37.3 Å². The fourth-order valence-corrected chi connectivity index (χ4v) is 5.00. The summed E-state index contributed by atoms with van der Waals surface area (Å²) in [6.45, 7) is 4.22. The van der Waals surface area contributed by atoms with Crippen molar-refractivity contribution >= 4 is 34.0 Å². The van der Waals surface area contributed by atoms with Crippen molar-refractivity contribution in [2.45, 2.75) is 31.6 Å². The summed E-state index contributed by atoms with van der Waals surface area (Å²) >= 11 is 0. The predicted molar refractivity (Wildman–Crippen MR) is 136 cm³/mol. The molecule has 2 saturated heterocycles. The van der Waals surface area contributed by atoms with Crippen LogP contribution in [0, 0.1) is 0 Å². The molecule has 2 amide bonds. The molecule has 8 nitrogen and oxygen atoms in total. The molecule has 0 radical (unpaired) electrons. The van der Waals surface area contributed by atoms with E-state index >= 15 is 0 Å². The molecule has 0 spiro atoms. The van der Waals surface area contributed by atoms with E-state index in [1.165, 1.54) is 18.5 Å². The van der Waals surface area contributed by atoms with Gasteiger partial charge in [-0.2, -0.15) is 0 Å². The molecule has 3 heterocycles. The first kappa shape index (κ1) is 22.4. The first-order valence-corrected chi connectivity index (χ1v) is 12.2. The van der Waals surface area contributed by atoms with Crippen LogP contribution in [0.2, 0.25) is 0 Å². The number of benzene rings is 2. The van der Waals surface area contributed by atoms with Crippen molar-refractivity contribution in [3.8, 4) is 0 Å². The van der Waals surface area contributed by atoms with E-state index < -0.39 is 0 Å². The van der Waals surface area contributed by atoms with Crippen LogP contribution in [0.25, 0.3) is 10.9 Å². The van der Waals surface area contributed by atoms with E-state index in [1.807, 2.05) is 29.2 Å². The van der Waals surface area contributed by atoms with Gasteiger partial charge in [-0.15, -0.1) is 0 Å². The van der Waals surface area contributed by atoms with Crippen LogP contribution in [0.3, 0.4) is 0 Å². The maximum absolute atomic E-state index is 12.8. The summed E-state index contributed by atoms with van der Waals surface area (Å²) in [6, 6.07) is 14.2. The minimum absolute atomic E-state index is 0.0421. The number of carbonyl (C=O) groups is 1. The fourth-order valence-electron chi connectivity index (χ4n) is 5.00. The second-order valence-corrected chi connectivity index (χ2v) is 9.07. The zero-order valence-corrected chi connectivity index (χ0v) is 19.4. The second-order valence-electron chi connectivity index (χ2n) is 9.07. The van der Waals surface area contributed by atoms with Crippen LogP contribution in [-0.4, -0.2) is 65.3 Å². The quantitative estimate of drug-likeness (QED) is 0.514. The molecule has 2 aromatic carbocycles. The van der Waals surface area contributed by atoms with Crippen molar-refractivity contribution in [2.24, 2.45) is 0 Å². The molecule has 178 valence electrons. The number of hydrogen-bond donors (Lipinski definition) is 3. The second kappa shape index (κ2) is 10.3. The molecule has 0 atom stereocenters. The summed E-state index contributed by atoms with van der Waals surface area (Å²) < 4.78 is 0. The van der Waals surface area contributed by atoms with Gasteiger partial charge in [0.1, 0.15) is 6.33 Å². The Kier molecular flexibility index (Phi) is 6.76. The number of nitrogens with zero attached hydrogens (tertiary/aromatic N) is 4. The molecule has 5 rings (SSSR count). The van der Waals surface area contributed by atoms with Gasteiger partial charge in [0.2, 0.25) is 0 Å². The third kappa shape index (κ3) is 4.92. The number of aliphatic hydroxyl groups is 1. The average Bonchev–Trinajstić information content (AvgIpc) is 3.42. The zero-order valence-electron chi connectivity index (χ0n) is 19.4. The van der Waals surface area contributed by atoms with Crippen molar-refractivity contribution in [1.29, 1.82) is 0 Å². The van der Waals surface area contributed by atoms with Crippen LogP contribution >= 0.6 is 0 Å². The third-order valence-electron chi connectivity index (χ3n) is 6.87. The third-order valence-corrected chi connectivity index (χ3v) is 6.87. The van der Waals surface area contributed by atoms with Crippen LogP contribution in [0.15, 0.2) is 48.8 Å². The largest absolute Gasteiger partial charge is 0.395 e. The summed E-state index contributed by atoms with van der Waals surface area (Å²) in [5, 5.41) is 16.3. The Bertz CT molecular complexity index is 1120. The summed E-state index contributed by atoms with van der Waals surface area (Å²) in [5.41, 5.74) is 4.94. The van der Waals surface area contributed by atoms with Crippen molar-refractivity contribution < 1.29 is 9.90 Å². The molecule has 8 heteroatoms. The van der Waals surface area contributed by atoms with E-state index in [4.69, 9.17) is 5.11 Å². The summed E-state index contributed by atoms with van der Waals surface area (Å²) in [5.74, 6) is 0.297. The number of fused-ring (bicyclic) bond motifs is 1. The lowest BCUT2D eigenvalue weighted by molar-refractivity contribution is 0.194. The number of carbonyl (C=O) groups excluding carboxylic acids is 1. The molecular formula is C26H32N6O2. The van der Waals surface area contributed by atoms with Gasteiger partial charge >= 0.3 is 6.03 Å². The Morgan fingerprint density at radius 3 is 2.44 bits per heavy atom. The first-order chi connectivity index (χ1) is 16.7. The van der Waals surface area contributed by atoms with Crippen LogP contribution in [0.5, 0.6) is 0 Å². The number of nitrogens with one attached hydrogen (secondary N) is 2. The predicted octanol–water partition coefficient (Wildman–Crippen LogP) is 4.05. The SMILES string of the molecule is O=C(Nc1ccc(N2CCCC2)cc1)N1CCC(c2ncnc3cc(NCCO)ccc23)CC1. The Morgan fingerprint density at radius 1 is 0.971 bits per heavy atom. The summed E-state index contributed by atoms with van der Waals surface area (Å²) in [7, 11) is 0. The van der Waals surface area contributed by atoms with E-state index in [0.29, 0.717) is 25.6 Å². The highest BCUT2D eigenvalue weighted by Gasteiger charge is 2.26. The lowest BCUT2D eigenvalue weighted by atomic mass is 9.91. The highest BCUT2D eigenvalue weighted by molar-refractivity contribution is 5.89. The number of rotatable bonds is 6. The molecule has 3 aromatic rings. The Balaban J connectivity index is 1.19. The highest BCUT2D eigenvalue weighted by atomic mass is 16.3. The molecular weight excluding hydrogens is 428 g/mol. The highest BCUT2D eigenvalue weighted by Crippen LogP contribution is 2.32. The van der Waals surface area contributed by atoms with E-state index in [1.54, 1.807) is 6.33 Å². The molecule has 0 saturated carbocycles. The number of aliphatic hydroxyl groups excluding tert-OH is 1. The van der Waals surface area contributed by atoms with Gasteiger partial charge in [-0.3, -0.25) is 0 Å². The smallest absolute Gasteiger partial charge is 0.321 e. The maximum Gasteiger partial charge on any atom is 0.321 e. The van der Waals surface area contributed by atoms with Crippen molar-refractivity contribution in [1.82, 2.24) is 14.9 Å². The van der Waals surface area contributed by atoms with Gasteiger partial charge in [-0.1, -0.05) is 0 Å². The monoisotopic (exact) mass is 460 g/mol. The molecule has 2 aliphatic rings. The van der Waals surface area contributed by atoms with Crippen LogP contribution < -0.4 is 15.5 Å². The van der Waals surface area contributed by atoms with Crippen molar-refractivity contribution in [3.63, 3.8) is 0 Å². The lowest BCUT2D eigenvalue weighted by Crippen LogP contribution is -2.40. The van der Waals surface area contributed by atoms with E-state index in [2.05, 4.69) is 43.7 Å². The van der Waals surface area contributed by atoms with Gasteiger partial charge in [0.25, 0.3) is 0 Å². The van der Waals surface area contributed by atoms with E-state index in [9.17, 15) is 4.79 Å². The standard InChI is InChI=1S/C26H32N6O2/c33-16-11-27-21-5-8-23-24(17-21)28-18-29-25(23)19-9-14-32(15-10-19)26(34)30-20-3-6-22(7-4-20)31-12-1-2-13-31/h3-8,17-19,27,33H,1-2,9-16H2,(H,30,34). The minimum atomic E-state index is -0.0421. The van der Waals surface area contributed by atoms with Gasteiger partial charge < -0.3 is 25.5 Å². The molecule has 2 fully saturated rings. The van der Waals surface area contributed by atoms with E-state index in [0.717, 1.165) is 53.9 Å². The number of piperidine rings is 1. The molecule has 1 aromatic heterocycles. The normalized spacial score (nSPS) is 16.7. The van der Waals surface area contributed by atoms with Crippen LogP contribution in [0.4, 0.5) is 21.9 Å². The first-order valence-electron chi connectivity index (χ1n) is 12.2. The van der Waals surface area contributed by atoms with Gasteiger partial charge in [0.05, 0.1) is 17.8 Å². The van der Waals surface area contributed by atoms with Gasteiger partial charge in [0, 0.05) is 61.1 Å². The number of urea groups is 1. The van der Waals surface area contributed by atoms with E-state index in [-0.39, 0.29) is 12.6 Å². The number of anilines is 3. The Labute approximate surface area is 200 Å². The summed E-state index contributed by atoms with van der Waals surface area (Å²) in [6.07, 6.45) is 5.87. The number of hydrogen-bond acceptors (Lipinski definition) is 6. The van der Waals surface area contributed by atoms with Crippen molar-refractivity contribution in [2.75, 3.05) is 54.9 Å². The minimum Gasteiger partial charge on any atom is -0.395 e. The molecule has 2 aliphatic heterocycles. The van der Waals surface area contributed by atoms with Gasteiger partial charge in [-0.05, 0) is 68.1 Å². The zero-order chi connectivity index (χ0) is 23.3. The van der Waals surface area contributed by atoms with Gasteiger partial charge in [-0.25, -0.2) is 14.8 Å². The topological polar surface area (TPSA) is 93.6 Å².